The van der Waals surface area contributed by atoms with Gasteiger partial charge in [-0.25, -0.2) is 8.78 Å². The molecule has 0 saturated carbocycles. The van der Waals surface area contributed by atoms with Gasteiger partial charge in [0.2, 0.25) is 5.91 Å². The molecule has 0 aromatic heterocycles. The van der Waals surface area contributed by atoms with E-state index in [4.69, 9.17) is 0 Å². The first-order chi connectivity index (χ1) is 9.86. The number of carbonyl (C=O) groups excluding carboxylic acids is 2. The van der Waals surface area contributed by atoms with Gasteiger partial charge in [-0.15, -0.1) is 0 Å². The summed E-state index contributed by atoms with van der Waals surface area (Å²) in [6.07, 6.45) is 0.832. The highest BCUT2D eigenvalue weighted by Gasteiger charge is 2.22. The molecule has 0 heterocycles. The molecule has 0 fully saturated rings. The number of benzene rings is 1. The van der Waals surface area contributed by atoms with Gasteiger partial charge in [0, 0.05) is 12.1 Å². The minimum atomic E-state index is -1.06. The topological polar surface area (TPSA) is 49.4 Å². The van der Waals surface area contributed by atoms with Crippen molar-refractivity contribution in [2.45, 2.75) is 26.3 Å². The fraction of sp³-hybridized carbons (Fsp3) is 0.467. The average molecular weight is 298 g/mol. The largest absolute Gasteiger partial charge is 0.355 e. The van der Waals surface area contributed by atoms with Crippen molar-refractivity contribution in [1.82, 2.24) is 10.2 Å². The van der Waals surface area contributed by atoms with E-state index in [0.29, 0.717) is 6.54 Å². The lowest BCUT2D eigenvalue weighted by Crippen LogP contribution is -2.43. The number of likely N-dealkylation sites (N-methyl/N-ethyl adjacent to an activating group) is 1. The Labute approximate surface area is 123 Å². The number of rotatable bonds is 7. The number of ketones is 1. The van der Waals surface area contributed by atoms with Crippen LogP contribution < -0.4 is 5.32 Å². The van der Waals surface area contributed by atoms with Gasteiger partial charge in [-0.3, -0.25) is 14.5 Å². The summed E-state index contributed by atoms with van der Waals surface area (Å²) in [5.41, 5.74) is 0.0854. The Kier molecular flexibility index (Phi) is 6.42. The molecule has 1 atom stereocenters. The molecule has 0 radical (unpaired) electrons. The molecule has 21 heavy (non-hydrogen) atoms. The van der Waals surface area contributed by atoms with Crippen molar-refractivity contribution in [2.75, 3.05) is 20.1 Å². The van der Waals surface area contributed by atoms with Crippen molar-refractivity contribution in [3.8, 4) is 0 Å². The van der Waals surface area contributed by atoms with Gasteiger partial charge in [0.25, 0.3) is 0 Å². The molecule has 116 valence electrons. The van der Waals surface area contributed by atoms with Gasteiger partial charge in [0.15, 0.2) is 17.4 Å². The predicted octanol–water partition coefficient (Wildman–Crippen LogP) is 1.99. The van der Waals surface area contributed by atoms with E-state index >= 15 is 0 Å². The molecule has 6 heteroatoms. The Bertz CT molecular complexity index is 520. The van der Waals surface area contributed by atoms with E-state index in [0.717, 1.165) is 18.6 Å². The third-order valence-electron chi connectivity index (χ3n) is 3.21. The molecule has 1 aromatic rings. The summed E-state index contributed by atoms with van der Waals surface area (Å²) in [6.45, 7) is 4.21. The van der Waals surface area contributed by atoms with Crippen molar-refractivity contribution in [3.63, 3.8) is 0 Å². The van der Waals surface area contributed by atoms with Crippen LogP contribution in [0.3, 0.4) is 0 Å². The van der Waals surface area contributed by atoms with E-state index in [1.807, 2.05) is 6.92 Å². The lowest BCUT2D eigenvalue weighted by Gasteiger charge is -2.23. The average Bonchev–Trinajstić information content (AvgIpc) is 2.46. The van der Waals surface area contributed by atoms with Crippen LogP contribution in [0.4, 0.5) is 8.78 Å². The van der Waals surface area contributed by atoms with Gasteiger partial charge in [-0.1, -0.05) is 6.92 Å². The van der Waals surface area contributed by atoms with E-state index in [1.165, 1.54) is 6.07 Å². The van der Waals surface area contributed by atoms with E-state index < -0.39 is 17.7 Å². The van der Waals surface area contributed by atoms with Crippen LogP contribution in [0.2, 0.25) is 0 Å². The molecule has 0 saturated heterocycles. The van der Waals surface area contributed by atoms with Crippen LogP contribution >= 0.6 is 0 Å². The zero-order valence-electron chi connectivity index (χ0n) is 12.5. The Morgan fingerprint density at radius 2 is 1.95 bits per heavy atom. The van der Waals surface area contributed by atoms with E-state index in [1.54, 1.807) is 18.9 Å². The monoisotopic (exact) mass is 298 g/mol. The zero-order valence-corrected chi connectivity index (χ0v) is 12.5. The molecule has 0 aliphatic carbocycles. The first kappa shape index (κ1) is 17.2. The van der Waals surface area contributed by atoms with Crippen molar-refractivity contribution in [3.05, 3.63) is 35.4 Å². The minimum Gasteiger partial charge on any atom is -0.355 e. The molecule has 4 nitrogen and oxygen atoms in total. The van der Waals surface area contributed by atoms with Gasteiger partial charge < -0.3 is 5.32 Å². The highest BCUT2D eigenvalue weighted by molar-refractivity contribution is 6.00. The summed E-state index contributed by atoms with van der Waals surface area (Å²) in [7, 11) is 1.63. The highest BCUT2D eigenvalue weighted by Crippen LogP contribution is 2.12. The molecule has 0 spiro atoms. The van der Waals surface area contributed by atoms with Crippen molar-refractivity contribution in [2.24, 2.45) is 0 Å². The summed E-state index contributed by atoms with van der Waals surface area (Å²) in [6, 6.07) is 2.42. The lowest BCUT2D eigenvalue weighted by molar-refractivity contribution is -0.122. The van der Waals surface area contributed by atoms with Crippen LogP contribution in [-0.2, 0) is 4.79 Å². The molecule has 0 aliphatic rings. The smallest absolute Gasteiger partial charge is 0.234 e. The number of nitrogens with one attached hydrogen (secondary N) is 1. The lowest BCUT2D eigenvalue weighted by atomic mass is 10.0. The van der Waals surface area contributed by atoms with E-state index in [2.05, 4.69) is 5.32 Å². The summed E-state index contributed by atoms with van der Waals surface area (Å²) in [5, 5.41) is 2.71. The molecule has 0 aliphatic heterocycles. The SMILES string of the molecule is CCCNC(=O)CN(C)C(C)C(=O)c1ccc(F)c(F)c1. The summed E-state index contributed by atoms with van der Waals surface area (Å²) in [5.74, 6) is -2.59. The number of halogens is 2. The third-order valence-corrected chi connectivity index (χ3v) is 3.21. The van der Waals surface area contributed by atoms with Crippen LogP contribution in [-0.4, -0.2) is 42.8 Å². The number of hydrogen-bond acceptors (Lipinski definition) is 3. The van der Waals surface area contributed by atoms with Crippen LogP contribution in [0.1, 0.15) is 30.6 Å². The number of carbonyl (C=O) groups is 2. The quantitative estimate of drug-likeness (QED) is 0.783. The second-order valence-corrected chi connectivity index (χ2v) is 4.93. The molecule has 1 amide bonds. The standard InChI is InChI=1S/C15H20F2N2O2/c1-4-7-18-14(20)9-19(3)10(2)15(21)11-5-6-12(16)13(17)8-11/h5-6,8,10H,4,7,9H2,1-3H3,(H,18,20). The number of nitrogens with zero attached hydrogens (tertiary/aromatic N) is 1. The second kappa shape index (κ2) is 7.83. The third kappa shape index (κ3) is 4.90. The fourth-order valence-corrected chi connectivity index (χ4v) is 1.77. The maximum absolute atomic E-state index is 13.1. The number of amides is 1. The Morgan fingerprint density at radius 1 is 1.29 bits per heavy atom. The van der Waals surface area contributed by atoms with Crippen molar-refractivity contribution < 1.29 is 18.4 Å². The first-order valence-corrected chi connectivity index (χ1v) is 6.83. The number of Topliss-reactive ketones (excluding diaryl/α,β-unsaturated/α-hetero) is 1. The van der Waals surface area contributed by atoms with E-state index in [-0.39, 0.29) is 23.8 Å². The molecular weight excluding hydrogens is 278 g/mol. The maximum atomic E-state index is 13.1. The minimum absolute atomic E-state index is 0.0661. The van der Waals surface area contributed by atoms with Crippen LogP contribution in [0.5, 0.6) is 0 Å². The van der Waals surface area contributed by atoms with Crippen LogP contribution in [0, 0.1) is 11.6 Å². The maximum Gasteiger partial charge on any atom is 0.234 e. The highest BCUT2D eigenvalue weighted by atomic mass is 19.2. The molecule has 1 rings (SSSR count). The van der Waals surface area contributed by atoms with Gasteiger partial charge in [-0.05, 0) is 38.6 Å². The normalized spacial score (nSPS) is 12.3. The summed E-state index contributed by atoms with van der Waals surface area (Å²) >= 11 is 0. The van der Waals surface area contributed by atoms with Gasteiger partial charge in [0.05, 0.1) is 12.6 Å². The molecular formula is C15H20F2N2O2. The van der Waals surface area contributed by atoms with Crippen molar-refractivity contribution in [1.29, 1.82) is 0 Å². The predicted molar refractivity (Wildman–Crippen MR) is 76.1 cm³/mol. The molecule has 1 aromatic carbocycles. The summed E-state index contributed by atoms with van der Waals surface area (Å²) in [4.78, 5) is 25.3. The first-order valence-electron chi connectivity index (χ1n) is 6.83. The van der Waals surface area contributed by atoms with Gasteiger partial charge in [0.1, 0.15) is 0 Å². The Hall–Kier alpha value is -1.82. The number of hydrogen-bond donors (Lipinski definition) is 1. The molecule has 1 N–H and O–H groups in total. The van der Waals surface area contributed by atoms with Crippen molar-refractivity contribution >= 4 is 11.7 Å². The molecule has 1 unspecified atom stereocenters. The van der Waals surface area contributed by atoms with Crippen LogP contribution in [0.25, 0.3) is 0 Å². The Balaban J connectivity index is 2.68. The van der Waals surface area contributed by atoms with Gasteiger partial charge >= 0.3 is 0 Å². The second-order valence-electron chi connectivity index (χ2n) is 4.93. The van der Waals surface area contributed by atoms with E-state index in [9.17, 15) is 18.4 Å². The van der Waals surface area contributed by atoms with Gasteiger partial charge in [-0.2, -0.15) is 0 Å². The molecule has 0 bridgehead atoms. The summed E-state index contributed by atoms with van der Waals surface area (Å²) < 4.78 is 26.0. The fourth-order valence-electron chi connectivity index (χ4n) is 1.77. The van der Waals surface area contributed by atoms with Crippen LogP contribution in [0.15, 0.2) is 18.2 Å². The zero-order chi connectivity index (χ0) is 16.0. The Morgan fingerprint density at radius 3 is 2.52 bits per heavy atom.